The monoisotopic (exact) mass is 362 g/mol. The van der Waals surface area contributed by atoms with Gasteiger partial charge in [-0.2, -0.15) is 0 Å². The molecular formula is C19H30N4OS. The summed E-state index contributed by atoms with van der Waals surface area (Å²) in [4.78, 5) is 16.9. The maximum absolute atomic E-state index is 12.5. The molecule has 1 atom stereocenters. The highest BCUT2D eigenvalue weighted by molar-refractivity contribution is 7.99. The van der Waals surface area contributed by atoms with Crippen LogP contribution in [0.25, 0.3) is 0 Å². The molecule has 4 aliphatic carbocycles. The molecule has 2 N–H and O–H groups in total. The molecule has 0 radical (unpaired) electrons. The molecule has 5 rings (SSSR count). The molecule has 25 heavy (non-hydrogen) atoms. The molecule has 1 heterocycles. The maximum Gasteiger partial charge on any atom is 0.230 e. The van der Waals surface area contributed by atoms with Gasteiger partial charge in [-0.15, -0.1) is 5.10 Å². The van der Waals surface area contributed by atoms with Crippen molar-refractivity contribution in [3.63, 3.8) is 0 Å². The second-order valence-electron chi connectivity index (χ2n) is 8.67. The lowest BCUT2D eigenvalue weighted by Crippen LogP contribution is -2.56. The van der Waals surface area contributed by atoms with Crippen LogP contribution in [-0.2, 0) is 11.2 Å². The number of nitrogens with one attached hydrogen (secondary N) is 2. The lowest BCUT2D eigenvalue weighted by Gasteiger charge is -2.59. The van der Waals surface area contributed by atoms with E-state index in [-0.39, 0.29) is 11.9 Å². The van der Waals surface area contributed by atoms with Crippen molar-refractivity contribution in [2.24, 2.45) is 23.2 Å². The van der Waals surface area contributed by atoms with E-state index in [1.165, 1.54) is 50.3 Å². The standard InChI is InChI=1S/C19H30N4OS/c1-3-4-16-21-18(23-22-16)25-11-17(24)20-12(2)19-8-13-5-14(9-19)7-15(6-13)10-19/h12-15H,3-11H2,1-2H3,(H,20,24)(H,21,22,23). The lowest BCUT2D eigenvalue weighted by atomic mass is 9.48. The zero-order chi connectivity index (χ0) is 17.4. The fraction of sp³-hybridized carbons (Fsp3) is 0.842. The first-order chi connectivity index (χ1) is 12.1. The molecule has 4 saturated carbocycles. The summed E-state index contributed by atoms with van der Waals surface area (Å²) in [5, 5.41) is 11.1. The third-order valence-electron chi connectivity index (χ3n) is 6.71. The third kappa shape index (κ3) is 3.60. The quantitative estimate of drug-likeness (QED) is 0.728. The summed E-state index contributed by atoms with van der Waals surface area (Å²) in [6, 6.07) is 0.289. The van der Waals surface area contributed by atoms with Gasteiger partial charge in [-0.1, -0.05) is 18.7 Å². The minimum Gasteiger partial charge on any atom is -0.352 e. The van der Waals surface area contributed by atoms with Gasteiger partial charge in [0.05, 0.1) is 5.75 Å². The predicted molar refractivity (Wildman–Crippen MR) is 99.3 cm³/mol. The maximum atomic E-state index is 12.5. The second kappa shape index (κ2) is 6.93. The molecule has 4 fully saturated rings. The molecule has 1 aromatic rings. The Hall–Kier alpha value is -1.04. The van der Waals surface area contributed by atoms with E-state index in [1.807, 2.05) is 0 Å². The van der Waals surface area contributed by atoms with Gasteiger partial charge in [0.2, 0.25) is 11.1 Å². The Morgan fingerprint density at radius 1 is 1.28 bits per heavy atom. The van der Waals surface area contributed by atoms with Crippen LogP contribution < -0.4 is 5.32 Å². The van der Waals surface area contributed by atoms with E-state index >= 15 is 0 Å². The lowest BCUT2D eigenvalue weighted by molar-refractivity contribution is -0.123. The molecule has 1 aromatic heterocycles. The summed E-state index contributed by atoms with van der Waals surface area (Å²) in [7, 11) is 0. The Labute approximate surface area is 154 Å². The SMILES string of the molecule is CCCc1nc(SCC(=O)NC(C)C23CC4CC(CC(C4)C2)C3)n[nH]1. The van der Waals surface area contributed by atoms with Crippen molar-refractivity contribution < 1.29 is 4.79 Å². The number of thioether (sulfide) groups is 1. The topological polar surface area (TPSA) is 70.7 Å². The van der Waals surface area contributed by atoms with Crippen molar-refractivity contribution in [3.05, 3.63) is 5.82 Å². The van der Waals surface area contributed by atoms with Gasteiger partial charge in [0, 0.05) is 12.5 Å². The summed E-state index contributed by atoms with van der Waals surface area (Å²) in [5.74, 6) is 4.20. The van der Waals surface area contributed by atoms with Gasteiger partial charge >= 0.3 is 0 Å². The van der Waals surface area contributed by atoms with Crippen LogP contribution in [0, 0.1) is 23.2 Å². The van der Waals surface area contributed by atoms with E-state index < -0.39 is 0 Å². The van der Waals surface area contributed by atoms with Gasteiger partial charge in [0.25, 0.3) is 0 Å². The van der Waals surface area contributed by atoms with Crippen molar-refractivity contribution in [2.75, 3.05) is 5.75 Å². The van der Waals surface area contributed by atoms with Gasteiger partial charge in [-0.05, 0) is 75.0 Å². The van der Waals surface area contributed by atoms with E-state index in [0.29, 0.717) is 16.3 Å². The Balaban J connectivity index is 1.30. The van der Waals surface area contributed by atoms with Crippen LogP contribution in [0.4, 0.5) is 0 Å². The zero-order valence-corrected chi connectivity index (χ0v) is 16.2. The van der Waals surface area contributed by atoms with Crippen LogP contribution in [-0.4, -0.2) is 32.9 Å². The van der Waals surface area contributed by atoms with Crippen molar-refractivity contribution in [1.29, 1.82) is 0 Å². The van der Waals surface area contributed by atoms with E-state index in [4.69, 9.17) is 0 Å². The van der Waals surface area contributed by atoms with E-state index in [2.05, 4.69) is 34.3 Å². The summed E-state index contributed by atoms with van der Waals surface area (Å²) in [6.45, 7) is 4.36. The fourth-order valence-electron chi connectivity index (χ4n) is 5.97. The number of aromatic amines is 1. The largest absolute Gasteiger partial charge is 0.352 e. The highest BCUT2D eigenvalue weighted by atomic mass is 32.2. The smallest absolute Gasteiger partial charge is 0.230 e. The number of hydrogen-bond acceptors (Lipinski definition) is 4. The first-order valence-electron chi connectivity index (χ1n) is 9.90. The summed E-state index contributed by atoms with van der Waals surface area (Å²) < 4.78 is 0. The van der Waals surface area contributed by atoms with Crippen LogP contribution >= 0.6 is 11.8 Å². The first kappa shape index (κ1) is 17.4. The highest BCUT2D eigenvalue weighted by Crippen LogP contribution is 2.61. The van der Waals surface area contributed by atoms with Crippen LogP contribution in [0.5, 0.6) is 0 Å². The number of carbonyl (C=O) groups excluding carboxylic acids is 1. The minimum absolute atomic E-state index is 0.120. The summed E-state index contributed by atoms with van der Waals surface area (Å²) >= 11 is 1.43. The van der Waals surface area contributed by atoms with E-state index in [9.17, 15) is 4.79 Å². The predicted octanol–water partition coefficient (Wildman–Crippen LogP) is 3.57. The normalized spacial score (nSPS) is 34.2. The van der Waals surface area contributed by atoms with Gasteiger partial charge in [-0.3, -0.25) is 9.89 Å². The molecule has 1 unspecified atom stereocenters. The number of H-pyrrole nitrogens is 1. The van der Waals surface area contributed by atoms with E-state index in [0.717, 1.165) is 36.4 Å². The third-order valence-corrected chi connectivity index (χ3v) is 7.56. The van der Waals surface area contributed by atoms with Crippen molar-refractivity contribution in [3.8, 4) is 0 Å². The molecule has 0 saturated heterocycles. The number of aryl methyl sites for hydroxylation is 1. The molecule has 6 heteroatoms. The Bertz CT molecular complexity index is 593. The fourth-order valence-corrected chi connectivity index (χ4v) is 6.59. The molecule has 5 nitrogen and oxygen atoms in total. The molecule has 0 aliphatic heterocycles. The molecule has 1 amide bonds. The van der Waals surface area contributed by atoms with Crippen molar-refractivity contribution in [2.45, 2.75) is 76.4 Å². The van der Waals surface area contributed by atoms with Gasteiger partial charge in [-0.25, -0.2) is 4.98 Å². The summed E-state index contributed by atoms with van der Waals surface area (Å²) in [5.41, 5.74) is 0.369. The van der Waals surface area contributed by atoms with Gasteiger partial charge in [0.1, 0.15) is 5.82 Å². The Kier molecular flexibility index (Phi) is 4.82. The molecule has 0 aromatic carbocycles. The first-order valence-corrected chi connectivity index (χ1v) is 10.9. The van der Waals surface area contributed by atoms with Crippen LogP contribution in [0.1, 0.15) is 64.6 Å². The van der Waals surface area contributed by atoms with Crippen molar-refractivity contribution >= 4 is 17.7 Å². The zero-order valence-electron chi connectivity index (χ0n) is 15.4. The van der Waals surface area contributed by atoms with Gasteiger partial charge < -0.3 is 5.32 Å². The number of rotatable bonds is 7. The van der Waals surface area contributed by atoms with Crippen LogP contribution in [0.15, 0.2) is 5.16 Å². The average molecular weight is 363 g/mol. The number of aromatic nitrogens is 3. The molecule has 4 aliphatic rings. The number of amides is 1. The average Bonchev–Trinajstić information content (AvgIpc) is 3.00. The Morgan fingerprint density at radius 3 is 2.52 bits per heavy atom. The second-order valence-corrected chi connectivity index (χ2v) is 9.61. The van der Waals surface area contributed by atoms with Crippen LogP contribution in [0.2, 0.25) is 0 Å². The Morgan fingerprint density at radius 2 is 1.92 bits per heavy atom. The van der Waals surface area contributed by atoms with E-state index in [1.54, 1.807) is 0 Å². The molecule has 0 spiro atoms. The number of hydrogen-bond donors (Lipinski definition) is 2. The summed E-state index contributed by atoms with van der Waals surface area (Å²) in [6.07, 6.45) is 10.3. The van der Waals surface area contributed by atoms with Crippen LogP contribution in [0.3, 0.4) is 0 Å². The number of carbonyl (C=O) groups is 1. The minimum atomic E-state index is 0.120. The highest BCUT2D eigenvalue weighted by Gasteiger charge is 2.53. The van der Waals surface area contributed by atoms with Gasteiger partial charge in [0.15, 0.2) is 0 Å². The number of nitrogens with zero attached hydrogens (tertiary/aromatic N) is 2. The molecule has 138 valence electrons. The van der Waals surface area contributed by atoms with Crippen molar-refractivity contribution in [1.82, 2.24) is 20.5 Å². The molecular weight excluding hydrogens is 332 g/mol. The molecule has 4 bridgehead atoms.